The van der Waals surface area contributed by atoms with E-state index < -0.39 is 6.29 Å². The fourth-order valence-corrected chi connectivity index (χ4v) is 3.56. The summed E-state index contributed by atoms with van der Waals surface area (Å²) in [5, 5.41) is 0. The summed E-state index contributed by atoms with van der Waals surface area (Å²) in [5.41, 5.74) is 0.751. The highest BCUT2D eigenvalue weighted by molar-refractivity contribution is 5.96. The lowest BCUT2D eigenvalue weighted by molar-refractivity contribution is -0.149. The van der Waals surface area contributed by atoms with Crippen LogP contribution in [0.25, 0.3) is 0 Å². The van der Waals surface area contributed by atoms with E-state index in [-0.39, 0.29) is 5.91 Å². The zero-order valence-corrected chi connectivity index (χ0v) is 22.0. The number of unbranched alkanes of at least 4 members (excludes halogenated alkanes) is 1. The topological polar surface area (TPSA) is 60.5 Å². The highest BCUT2D eigenvalue weighted by atomic mass is 16.7. The Labute approximate surface area is 210 Å². The lowest BCUT2D eigenvalue weighted by atomic mass is 10.2. The van der Waals surface area contributed by atoms with Crippen LogP contribution in [0.5, 0.6) is 17.2 Å². The first-order chi connectivity index (χ1) is 17.1. The van der Waals surface area contributed by atoms with Crippen LogP contribution in [0.1, 0.15) is 47.5 Å². The average Bonchev–Trinajstić information content (AvgIpc) is 2.88. The number of likely N-dealkylation sites (N-methyl/N-ethyl adjacent to an activating group) is 1. The Morgan fingerprint density at radius 1 is 0.829 bits per heavy atom. The third kappa shape index (κ3) is 9.42. The Morgan fingerprint density at radius 3 is 2.17 bits per heavy atom. The molecule has 35 heavy (non-hydrogen) atoms. The molecule has 0 spiro atoms. The van der Waals surface area contributed by atoms with Gasteiger partial charge in [-0.15, -0.1) is 0 Å². The van der Waals surface area contributed by atoms with Crippen molar-refractivity contribution in [2.24, 2.45) is 0 Å². The Morgan fingerprint density at radius 2 is 1.54 bits per heavy atom. The van der Waals surface area contributed by atoms with Gasteiger partial charge < -0.3 is 28.7 Å². The number of nitrogens with zero attached hydrogens (tertiary/aromatic N) is 2. The van der Waals surface area contributed by atoms with E-state index in [1.165, 1.54) is 0 Å². The number of ether oxygens (including phenoxy) is 4. The summed E-state index contributed by atoms with van der Waals surface area (Å²) in [5.74, 6) is 1.79. The molecule has 0 saturated carbocycles. The van der Waals surface area contributed by atoms with Crippen LogP contribution in [0.4, 0.5) is 5.69 Å². The van der Waals surface area contributed by atoms with Crippen molar-refractivity contribution in [2.75, 3.05) is 50.9 Å². The summed E-state index contributed by atoms with van der Waals surface area (Å²) in [6, 6.07) is 14.9. The molecule has 194 valence electrons. The van der Waals surface area contributed by atoms with Crippen molar-refractivity contribution < 1.29 is 23.7 Å². The van der Waals surface area contributed by atoms with Gasteiger partial charge in [-0.05, 0) is 69.8 Å². The smallest absolute Gasteiger partial charge is 0.296 e. The van der Waals surface area contributed by atoms with Crippen molar-refractivity contribution in [3.05, 3.63) is 48.5 Å². The lowest BCUT2D eigenvalue weighted by Gasteiger charge is -2.30. The molecule has 0 aliphatic carbocycles. The quantitative estimate of drug-likeness (QED) is 0.221. The van der Waals surface area contributed by atoms with Crippen LogP contribution in [0.2, 0.25) is 0 Å². The van der Waals surface area contributed by atoms with Gasteiger partial charge in [-0.1, -0.05) is 33.3 Å². The van der Waals surface area contributed by atoms with Crippen LogP contribution in [-0.2, 0) is 9.53 Å². The predicted molar refractivity (Wildman–Crippen MR) is 141 cm³/mol. The summed E-state index contributed by atoms with van der Waals surface area (Å²) in [4.78, 5) is 17.7. The van der Waals surface area contributed by atoms with Gasteiger partial charge in [0.2, 0.25) is 0 Å². The summed E-state index contributed by atoms with van der Waals surface area (Å²) in [7, 11) is 0. The van der Waals surface area contributed by atoms with E-state index in [1.807, 2.05) is 50.2 Å². The number of hydrogen-bond donors (Lipinski definition) is 0. The number of amides is 1. The molecule has 0 aliphatic rings. The van der Waals surface area contributed by atoms with Crippen LogP contribution in [0.3, 0.4) is 0 Å². The van der Waals surface area contributed by atoms with Gasteiger partial charge in [0.25, 0.3) is 12.2 Å². The van der Waals surface area contributed by atoms with Crippen LogP contribution >= 0.6 is 0 Å². The molecule has 1 atom stereocenters. The minimum atomic E-state index is -1.07. The van der Waals surface area contributed by atoms with Gasteiger partial charge in [-0.3, -0.25) is 4.79 Å². The Balaban J connectivity index is 2.23. The second kappa shape index (κ2) is 16.0. The third-order valence-electron chi connectivity index (χ3n) is 5.59. The molecule has 2 aromatic rings. The van der Waals surface area contributed by atoms with Crippen LogP contribution in [0.15, 0.2) is 48.5 Å². The van der Waals surface area contributed by atoms with E-state index in [0.29, 0.717) is 32.1 Å². The molecule has 2 rings (SSSR count). The van der Waals surface area contributed by atoms with Gasteiger partial charge in [-0.25, -0.2) is 0 Å². The largest absolute Gasteiger partial charge is 0.494 e. The number of hydrogen-bond acceptors (Lipinski definition) is 6. The van der Waals surface area contributed by atoms with E-state index >= 15 is 0 Å². The zero-order valence-electron chi connectivity index (χ0n) is 22.0. The molecule has 0 radical (unpaired) electrons. The molecule has 1 unspecified atom stereocenters. The molecule has 0 fully saturated rings. The summed E-state index contributed by atoms with van der Waals surface area (Å²) >= 11 is 0. The van der Waals surface area contributed by atoms with E-state index in [9.17, 15) is 4.79 Å². The highest BCUT2D eigenvalue weighted by Gasteiger charge is 2.28. The first kappa shape index (κ1) is 28.5. The maximum absolute atomic E-state index is 13.7. The zero-order chi connectivity index (χ0) is 25.5. The minimum Gasteiger partial charge on any atom is -0.494 e. The van der Waals surface area contributed by atoms with Crippen molar-refractivity contribution in [3.63, 3.8) is 0 Å². The van der Waals surface area contributed by atoms with Crippen molar-refractivity contribution in [3.8, 4) is 17.2 Å². The first-order valence-electron chi connectivity index (χ1n) is 12.8. The van der Waals surface area contributed by atoms with Gasteiger partial charge >= 0.3 is 0 Å². The van der Waals surface area contributed by atoms with E-state index in [4.69, 9.17) is 18.9 Å². The second-order valence-corrected chi connectivity index (χ2v) is 8.03. The van der Waals surface area contributed by atoms with Gasteiger partial charge in [0.15, 0.2) is 0 Å². The molecule has 2 aromatic carbocycles. The van der Waals surface area contributed by atoms with Crippen molar-refractivity contribution in [1.82, 2.24) is 4.90 Å². The van der Waals surface area contributed by atoms with Gasteiger partial charge in [0.1, 0.15) is 17.2 Å². The lowest BCUT2D eigenvalue weighted by Crippen LogP contribution is -2.46. The Bertz CT molecular complexity index is 855. The molecular weight excluding hydrogens is 444 g/mol. The molecular formula is C28H42N2O5. The van der Waals surface area contributed by atoms with Crippen molar-refractivity contribution in [2.45, 2.75) is 53.8 Å². The second-order valence-electron chi connectivity index (χ2n) is 8.03. The first-order valence-corrected chi connectivity index (χ1v) is 12.8. The van der Waals surface area contributed by atoms with Gasteiger partial charge in [0, 0.05) is 31.5 Å². The highest BCUT2D eigenvalue weighted by Crippen LogP contribution is 2.24. The Kier molecular flexibility index (Phi) is 13.0. The fraction of sp³-hybridized carbons (Fsp3) is 0.536. The number of benzene rings is 2. The molecule has 7 heteroatoms. The molecule has 7 nitrogen and oxygen atoms in total. The number of rotatable bonds is 17. The normalized spacial score (nSPS) is 11.8. The Hall–Kier alpha value is -2.77. The van der Waals surface area contributed by atoms with Crippen LogP contribution < -0.4 is 19.1 Å². The van der Waals surface area contributed by atoms with Crippen molar-refractivity contribution in [1.29, 1.82) is 0 Å². The monoisotopic (exact) mass is 486 g/mol. The molecule has 0 aromatic heterocycles. The van der Waals surface area contributed by atoms with E-state index in [2.05, 4.69) is 25.7 Å². The third-order valence-corrected chi connectivity index (χ3v) is 5.59. The van der Waals surface area contributed by atoms with Gasteiger partial charge in [0.05, 0.1) is 13.2 Å². The standard InChI is InChI=1S/C28H42N2O5/c1-6-11-21-34-24-15-17-25(18-16-24)35-28(33-10-5)27(31)30(20-19-29(7-2)8-3)23-13-12-14-26(22-23)32-9-4/h12-18,22,28H,6-11,19-21H2,1-5H3. The van der Waals surface area contributed by atoms with Crippen LogP contribution in [0, 0.1) is 0 Å². The SMILES string of the molecule is CCCCOc1ccc(OC(OCC)C(=O)N(CCN(CC)CC)c2cccc(OCC)c2)cc1. The molecule has 0 aliphatic heterocycles. The number of carbonyl (C=O) groups excluding carboxylic acids is 1. The van der Waals surface area contributed by atoms with E-state index in [0.717, 1.165) is 49.7 Å². The summed E-state index contributed by atoms with van der Waals surface area (Å²) in [6.07, 6.45) is 1.02. The minimum absolute atomic E-state index is 0.254. The maximum atomic E-state index is 13.7. The molecule has 0 heterocycles. The van der Waals surface area contributed by atoms with Crippen molar-refractivity contribution >= 4 is 11.6 Å². The fourth-order valence-electron chi connectivity index (χ4n) is 3.56. The summed E-state index contributed by atoms with van der Waals surface area (Å²) in [6.45, 7) is 14.8. The number of carbonyl (C=O) groups is 1. The predicted octanol–water partition coefficient (Wildman–Crippen LogP) is 5.38. The molecule has 0 saturated heterocycles. The molecule has 0 N–H and O–H groups in total. The molecule has 1 amide bonds. The molecule has 0 bridgehead atoms. The number of anilines is 1. The summed E-state index contributed by atoms with van der Waals surface area (Å²) < 4.78 is 23.2. The maximum Gasteiger partial charge on any atom is 0.296 e. The van der Waals surface area contributed by atoms with E-state index in [1.54, 1.807) is 17.0 Å². The van der Waals surface area contributed by atoms with Crippen LogP contribution in [-0.4, -0.2) is 63.1 Å². The van der Waals surface area contributed by atoms with Gasteiger partial charge in [-0.2, -0.15) is 0 Å². The average molecular weight is 487 g/mol.